The second kappa shape index (κ2) is 12.5. The highest BCUT2D eigenvalue weighted by molar-refractivity contribution is 6.06. The zero-order valence-electron chi connectivity index (χ0n) is 30.1. The second-order valence-electron chi connectivity index (χ2n) is 15.4. The largest absolute Gasteiger partial charge is 0.444 e. The highest BCUT2D eigenvalue weighted by Crippen LogP contribution is 2.41. The number of H-pyrrole nitrogens is 2. The summed E-state index contributed by atoms with van der Waals surface area (Å²) >= 11 is 0. The maximum Gasteiger partial charge on any atom is 0.410 e. The Balaban J connectivity index is 1.08. The van der Waals surface area contributed by atoms with Crippen LogP contribution in [0, 0.1) is 0 Å². The van der Waals surface area contributed by atoms with E-state index in [9.17, 15) is 9.59 Å². The van der Waals surface area contributed by atoms with Gasteiger partial charge >= 0.3 is 12.2 Å². The molecule has 6 aromatic rings. The molecule has 0 spiro atoms. The Hall–Kier alpha value is -5.66. The van der Waals surface area contributed by atoms with E-state index in [1.807, 2.05) is 65.8 Å². The van der Waals surface area contributed by atoms with Crippen molar-refractivity contribution in [3.63, 3.8) is 0 Å². The molecule has 2 aliphatic rings. The molecule has 2 N–H and O–H groups in total. The molecule has 52 heavy (non-hydrogen) atoms. The molecule has 2 atom stereocenters. The number of likely N-dealkylation sites (tertiary alicyclic amines) is 2. The standard InChI is InChI=1S/C38H42N8O6/c1-37(2,3)51-35(47)45-15-7-9-27(45)33-39-17-25(43-33)23-13-11-21(29-31(23)49-19-41-29)22-12-14-24(32-30(22)42-20-50-32)26-18-40-34(44-26)28-10-8-16-46(28)36(48)52-38(4,5)6/h11-14,17-20,27-28H,7-10,15-16H2,1-6H3,(H,39,43)(H,40,44). The first kappa shape index (κ1) is 33.5. The van der Waals surface area contributed by atoms with Gasteiger partial charge in [0.1, 0.15) is 33.9 Å². The molecular formula is C38H42N8O6. The van der Waals surface area contributed by atoms with Gasteiger partial charge in [0.05, 0.1) is 35.9 Å². The van der Waals surface area contributed by atoms with E-state index >= 15 is 0 Å². The maximum atomic E-state index is 12.9. The molecule has 2 saturated heterocycles. The topological polar surface area (TPSA) is 168 Å². The molecule has 0 saturated carbocycles. The van der Waals surface area contributed by atoms with Crippen molar-refractivity contribution in [3.05, 3.63) is 61.1 Å². The van der Waals surface area contributed by atoms with Crippen LogP contribution >= 0.6 is 0 Å². The number of aromatic amines is 2. The molecular weight excluding hydrogens is 664 g/mol. The third-order valence-corrected chi connectivity index (χ3v) is 9.42. The van der Waals surface area contributed by atoms with Crippen molar-refractivity contribution < 1.29 is 27.9 Å². The Morgan fingerprint density at radius 2 is 1.06 bits per heavy atom. The van der Waals surface area contributed by atoms with Crippen LogP contribution in [0.3, 0.4) is 0 Å². The van der Waals surface area contributed by atoms with E-state index < -0.39 is 11.2 Å². The van der Waals surface area contributed by atoms with Crippen LogP contribution in [-0.2, 0) is 9.47 Å². The summed E-state index contributed by atoms with van der Waals surface area (Å²) in [5.41, 5.74) is 6.09. The van der Waals surface area contributed by atoms with Gasteiger partial charge in [0.2, 0.25) is 0 Å². The molecule has 6 heterocycles. The summed E-state index contributed by atoms with van der Waals surface area (Å²) in [6.45, 7) is 12.4. The highest BCUT2D eigenvalue weighted by Gasteiger charge is 2.36. The molecule has 2 aliphatic heterocycles. The predicted octanol–water partition coefficient (Wildman–Crippen LogP) is 8.56. The van der Waals surface area contributed by atoms with E-state index in [0.29, 0.717) is 46.9 Å². The molecule has 14 nitrogen and oxygen atoms in total. The molecule has 2 unspecified atom stereocenters. The molecule has 0 bridgehead atoms. The summed E-state index contributed by atoms with van der Waals surface area (Å²) in [7, 11) is 0. The zero-order valence-corrected chi connectivity index (χ0v) is 30.1. The third kappa shape index (κ3) is 6.15. The first-order valence-corrected chi connectivity index (χ1v) is 17.7. The van der Waals surface area contributed by atoms with Crippen molar-refractivity contribution in [3.8, 4) is 33.6 Å². The summed E-state index contributed by atoms with van der Waals surface area (Å²) < 4.78 is 23.3. The number of carbonyl (C=O) groups is 2. The molecule has 2 amide bonds. The van der Waals surface area contributed by atoms with Gasteiger partial charge in [-0.2, -0.15) is 0 Å². The number of hydrogen-bond acceptors (Lipinski definition) is 10. The molecule has 0 radical (unpaired) electrons. The summed E-state index contributed by atoms with van der Waals surface area (Å²) in [4.78, 5) is 54.8. The minimum absolute atomic E-state index is 0.208. The van der Waals surface area contributed by atoms with Crippen molar-refractivity contribution in [2.75, 3.05) is 13.1 Å². The number of oxazole rings is 2. The van der Waals surface area contributed by atoms with Gasteiger partial charge in [-0.1, -0.05) is 12.1 Å². The maximum absolute atomic E-state index is 12.9. The molecule has 270 valence electrons. The Morgan fingerprint density at radius 1 is 0.654 bits per heavy atom. The van der Waals surface area contributed by atoms with Gasteiger partial charge in [0, 0.05) is 35.3 Å². The van der Waals surface area contributed by atoms with Gasteiger partial charge in [-0.3, -0.25) is 9.80 Å². The fraction of sp³-hybridized carbons (Fsp3) is 0.421. The minimum Gasteiger partial charge on any atom is -0.444 e. The molecule has 14 heteroatoms. The van der Waals surface area contributed by atoms with Crippen LogP contribution in [-0.4, -0.2) is 76.2 Å². The van der Waals surface area contributed by atoms with Gasteiger partial charge in [-0.25, -0.2) is 29.5 Å². The summed E-state index contributed by atoms with van der Waals surface area (Å²) in [5, 5.41) is 0. The number of aromatic nitrogens is 6. The molecule has 8 rings (SSSR count). The van der Waals surface area contributed by atoms with E-state index in [-0.39, 0.29) is 24.3 Å². The van der Waals surface area contributed by atoms with E-state index in [4.69, 9.17) is 18.3 Å². The summed E-state index contributed by atoms with van der Waals surface area (Å²) in [6.07, 6.45) is 9.02. The van der Waals surface area contributed by atoms with Crippen molar-refractivity contribution in [2.45, 2.75) is 90.5 Å². The van der Waals surface area contributed by atoms with Crippen LogP contribution in [0.2, 0.25) is 0 Å². The highest BCUT2D eigenvalue weighted by atomic mass is 16.6. The number of hydrogen-bond donors (Lipinski definition) is 2. The zero-order chi connectivity index (χ0) is 36.4. The van der Waals surface area contributed by atoms with Gasteiger partial charge in [0.25, 0.3) is 0 Å². The SMILES string of the molecule is CC(C)(C)OC(=O)N1CCCC1c1ncc(-c2ccc(-c3ccc(-c4cnc(C5CCCN5C(=O)OC(C)(C)C)[nH]4)c4ocnc34)c3ncoc23)[nH]1. The minimum atomic E-state index is -0.583. The lowest BCUT2D eigenvalue weighted by molar-refractivity contribution is 0.0208. The summed E-state index contributed by atoms with van der Waals surface area (Å²) in [5.74, 6) is 1.39. The van der Waals surface area contributed by atoms with Crippen LogP contribution in [0.4, 0.5) is 9.59 Å². The average Bonchev–Trinajstić information content (AvgIpc) is 3.92. The van der Waals surface area contributed by atoms with Crippen LogP contribution in [0.1, 0.15) is 91.0 Å². The quantitative estimate of drug-likeness (QED) is 0.177. The van der Waals surface area contributed by atoms with Gasteiger partial charge in [-0.05, 0) is 79.4 Å². The fourth-order valence-corrected chi connectivity index (χ4v) is 7.23. The lowest BCUT2D eigenvalue weighted by atomic mass is 9.98. The number of amides is 2. The molecule has 2 fully saturated rings. The van der Waals surface area contributed by atoms with Crippen LogP contribution < -0.4 is 0 Å². The Bertz CT molecular complexity index is 2120. The number of fused-ring (bicyclic) bond motifs is 2. The van der Waals surface area contributed by atoms with Crippen LogP contribution in [0.15, 0.2) is 58.3 Å². The Morgan fingerprint density at radius 3 is 1.46 bits per heavy atom. The van der Waals surface area contributed by atoms with Crippen molar-refractivity contribution in [2.24, 2.45) is 0 Å². The lowest BCUT2D eigenvalue weighted by Crippen LogP contribution is -2.36. The van der Waals surface area contributed by atoms with E-state index in [2.05, 4.69) is 29.9 Å². The summed E-state index contributed by atoms with van der Waals surface area (Å²) in [6, 6.07) is 7.51. The van der Waals surface area contributed by atoms with E-state index in [1.165, 1.54) is 12.8 Å². The normalized spacial score (nSPS) is 18.2. The lowest BCUT2D eigenvalue weighted by Gasteiger charge is -2.27. The second-order valence-corrected chi connectivity index (χ2v) is 15.4. The number of ether oxygens (including phenoxy) is 2. The Labute approximate surface area is 299 Å². The first-order valence-electron chi connectivity index (χ1n) is 17.7. The van der Waals surface area contributed by atoms with Gasteiger partial charge in [-0.15, -0.1) is 0 Å². The predicted molar refractivity (Wildman–Crippen MR) is 192 cm³/mol. The van der Waals surface area contributed by atoms with Crippen molar-refractivity contribution >= 4 is 34.4 Å². The number of nitrogens with zero attached hydrogens (tertiary/aromatic N) is 6. The van der Waals surface area contributed by atoms with E-state index in [1.54, 1.807) is 22.2 Å². The van der Waals surface area contributed by atoms with E-state index in [0.717, 1.165) is 59.3 Å². The average molecular weight is 707 g/mol. The molecule has 4 aromatic heterocycles. The van der Waals surface area contributed by atoms with Gasteiger partial charge < -0.3 is 28.3 Å². The van der Waals surface area contributed by atoms with Crippen LogP contribution in [0.5, 0.6) is 0 Å². The van der Waals surface area contributed by atoms with Crippen molar-refractivity contribution in [1.29, 1.82) is 0 Å². The molecule has 2 aromatic carbocycles. The number of benzene rings is 2. The van der Waals surface area contributed by atoms with Crippen molar-refractivity contribution in [1.82, 2.24) is 39.7 Å². The third-order valence-electron chi connectivity index (χ3n) is 9.42. The number of carbonyl (C=O) groups excluding carboxylic acids is 2. The monoisotopic (exact) mass is 706 g/mol. The first-order chi connectivity index (χ1) is 24.8. The Kier molecular flexibility index (Phi) is 8.07. The number of imidazole rings is 2. The van der Waals surface area contributed by atoms with Crippen LogP contribution in [0.25, 0.3) is 55.8 Å². The smallest absolute Gasteiger partial charge is 0.410 e. The number of nitrogens with one attached hydrogen (secondary N) is 2. The molecule has 0 aliphatic carbocycles. The fourth-order valence-electron chi connectivity index (χ4n) is 7.23. The van der Waals surface area contributed by atoms with Gasteiger partial charge in [0.15, 0.2) is 24.0 Å². The number of rotatable bonds is 5.